The van der Waals surface area contributed by atoms with Gasteiger partial charge in [0, 0.05) is 38.8 Å². The Morgan fingerprint density at radius 1 is 1.28 bits per heavy atom. The third-order valence-corrected chi connectivity index (χ3v) is 6.54. The lowest BCUT2D eigenvalue weighted by Gasteiger charge is -2.40. The maximum absolute atomic E-state index is 6.77. The molecule has 1 aromatic rings. The highest BCUT2D eigenvalue weighted by atomic mass is 16.5. The molecule has 1 atom stereocenters. The number of nitrogens with zero attached hydrogens (tertiary/aromatic N) is 3. The van der Waals surface area contributed by atoms with E-state index in [4.69, 9.17) is 9.73 Å². The van der Waals surface area contributed by atoms with Crippen LogP contribution in [0.1, 0.15) is 44.1 Å². The van der Waals surface area contributed by atoms with Crippen molar-refractivity contribution in [3.63, 3.8) is 0 Å². The summed E-state index contributed by atoms with van der Waals surface area (Å²) in [4.78, 5) is 11.7. The fraction of sp³-hybridized carbons (Fsp3) is 0.625. The maximum atomic E-state index is 6.77. The largest absolute Gasteiger partial charge is 0.476 e. The predicted octanol–water partition coefficient (Wildman–Crippen LogP) is 3.43. The summed E-state index contributed by atoms with van der Waals surface area (Å²) in [6.07, 6.45) is 16.5. The topological polar surface area (TPSA) is 49.8 Å². The second-order valence-electron chi connectivity index (χ2n) is 8.81. The van der Waals surface area contributed by atoms with Gasteiger partial charge in [-0.1, -0.05) is 24.1 Å². The van der Waals surface area contributed by atoms with Gasteiger partial charge >= 0.3 is 0 Å². The standard InChI is InChI=1S/C24H35N4O/c1-25-23(24(9-12-26-13-10-24)17-21-6-5-11-27-18-21)29-22(16-20-7-8-20)19-28-14-3-2-4-15-28/h5-8,11,18,22,26H,2-4,9-10,12-17,19H2,1H3. The van der Waals surface area contributed by atoms with Gasteiger partial charge in [0.15, 0.2) is 5.90 Å². The summed E-state index contributed by atoms with van der Waals surface area (Å²) >= 11 is 0. The highest BCUT2D eigenvalue weighted by Crippen LogP contribution is 2.36. The first kappa shape index (κ1) is 20.5. The minimum atomic E-state index is -0.0369. The van der Waals surface area contributed by atoms with E-state index >= 15 is 0 Å². The lowest BCUT2D eigenvalue weighted by Crippen LogP contribution is -2.47. The smallest absolute Gasteiger partial charge is 0.190 e. The summed E-state index contributed by atoms with van der Waals surface area (Å²) in [6, 6.07) is 4.21. The van der Waals surface area contributed by atoms with Gasteiger partial charge in [0.2, 0.25) is 0 Å². The number of likely N-dealkylation sites (tertiary alicyclic amines) is 1. The van der Waals surface area contributed by atoms with E-state index in [1.54, 1.807) is 0 Å². The van der Waals surface area contributed by atoms with E-state index in [2.05, 4.69) is 33.8 Å². The van der Waals surface area contributed by atoms with Crippen molar-refractivity contribution in [3.8, 4) is 0 Å². The Morgan fingerprint density at radius 2 is 2.07 bits per heavy atom. The molecule has 2 fully saturated rings. The molecular weight excluding hydrogens is 360 g/mol. The number of ether oxygens (including phenoxy) is 1. The van der Waals surface area contributed by atoms with Crippen LogP contribution < -0.4 is 5.32 Å². The molecule has 1 radical (unpaired) electrons. The molecule has 4 rings (SSSR count). The third-order valence-electron chi connectivity index (χ3n) is 6.54. The second kappa shape index (κ2) is 9.86. The van der Waals surface area contributed by atoms with Gasteiger partial charge in [-0.2, -0.15) is 0 Å². The van der Waals surface area contributed by atoms with Crippen molar-refractivity contribution in [2.45, 2.75) is 51.0 Å². The predicted molar refractivity (Wildman–Crippen MR) is 118 cm³/mol. The maximum Gasteiger partial charge on any atom is 0.190 e. The highest BCUT2D eigenvalue weighted by Gasteiger charge is 2.40. The minimum absolute atomic E-state index is 0.0369. The molecule has 0 amide bonds. The van der Waals surface area contributed by atoms with Gasteiger partial charge in [-0.05, 0) is 69.9 Å². The molecule has 2 saturated heterocycles. The molecule has 1 aromatic heterocycles. The van der Waals surface area contributed by atoms with Gasteiger partial charge in [-0.3, -0.25) is 14.9 Å². The van der Waals surface area contributed by atoms with Crippen LogP contribution in [-0.4, -0.2) is 61.7 Å². The van der Waals surface area contributed by atoms with Crippen molar-refractivity contribution < 1.29 is 4.74 Å². The summed E-state index contributed by atoms with van der Waals surface area (Å²) in [6.45, 7) is 5.43. The molecule has 0 saturated carbocycles. The Balaban J connectivity index is 1.50. The summed E-state index contributed by atoms with van der Waals surface area (Å²) in [7, 11) is 1.91. The molecule has 0 bridgehead atoms. The molecule has 0 spiro atoms. The number of hydrogen-bond acceptors (Lipinski definition) is 5. The molecular formula is C24H35N4O. The zero-order valence-electron chi connectivity index (χ0n) is 17.8. The molecule has 1 aliphatic carbocycles. The van der Waals surface area contributed by atoms with Crippen molar-refractivity contribution in [3.05, 3.63) is 48.2 Å². The molecule has 5 heteroatoms. The van der Waals surface area contributed by atoms with Gasteiger partial charge < -0.3 is 10.1 Å². The number of rotatable bonds is 8. The number of pyridine rings is 1. The second-order valence-corrected chi connectivity index (χ2v) is 8.81. The van der Waals surface area contributed by atoms with Crippen LogP contribution in [0, 0.1) is 11.8 Å². The molecule has 1 unspecified atom stereocenters. The summed E-state index contributed by atoms with van der Waals surface area (Å²) in [5.74, 6) is 0.950. The first-order valence-electron chi connectivity index (χ1n) is 11.3. The van der Waals surface area contributed by atoms with Crippen molar-refractivity contribution in [1.29, 1.82) is 0 Å². The summed E-state index contributed by atoms with van der Waals surface area (Å²) in [5, 5.41) is 3.52. The highest BCUT2D eigenvalue weighted by molar-refractivity contribution is 5.83. The Labute approximate surface area is 175 Å². The van der Waals surface area contributed by atoms with Gasteiger partial charge in [-0.15, -0.1) is 0 Å². The van der Waals surface area contributed by atoms with Crippen LogP contribution in [0.25, 0.3) is 0 Å². The van der Waals surface area contributed by atoms with Crippen LogP contribution >= 0.6 is 0 Å². The normalized spacial score (nSPS) is 23.3. The quantitative estimate of drug-likeness (QED) is 0.541. The minimum Gasteiger partial charge on any atom is -0.476 e. The van der Waals surface area contributed by atoms with E-state index in [1.165, 1.54) is 43.5 Å². The number of aliphatic imine (C=N–C) groups is 1. The first-order chi connectivity index (χ1) is 14.3. The average Bonchev–Trinajstić information content (AvgIpc) is 3.58. The van der Waals surface area contributed by atoms with E-state index in [-0.39, 0.29) is 11.5 Å². The molecule has 5 nitrogen and oxygen atoms in total. The molecule has 1 N–H and O–H groups in total. The number of nitrogens with one attached hydrogen (secondary N) is 1. The Kier molecular flexibility index (Phi) is 6.98. The molecule has 2 aliphatic heterocycles. The lowest BCUT2D eigenvalue weighted by molar-refractivity contribution is 0.0892. The monoisotopic (exact) mass is 395 g/mol. The zero-order chi connectivity index (χ0) is 19.9. The van der Waals surface area contributed by atoms with E-state index in [0.717, 1.165) is 51.2 Å². The first-order valence-corrected chi connectivity index (χ1v) is 11.3. The van der Waals surface area contributed by atoms with E-state index in [1.807, 2.05) is 25.5 Å². The van der Waals surface area contributed by atoms with Crippen LogP contribution in [0.3, 0.4) is 0 Å². The van der Waals surface area contributed by atoms with Crippen molar-refractivity contribution in [2.24, 2.45) is 10.4 Å². The number of hydrogen-bond donors (Lipinski definition) is 1. The molecule has 3 aliphatic rings. The summed E-state index contributed by atoms with van der Waals surface area (Å²) < 4.78 is 6.77. The summed E-state index contributed by atoms with van der Waals surface area (Å²) in [5.41, 5.74) is 2.66. The fourth-order valence-corrected chi connectivity index (χ4v) is 4.87. The van der Waals surface area contributed by atoms with Crippen LogP contribution in [0.15, 0.2) is 41.2 Å². The van der Waals surface area contributed by atoms with Crippen LogP contribution in [0.5, 0.6) is 0 Å². The molecule has 0 aromatic carbocycles. The molecule has 3 heterocycles. The van der Waals surface area contributed by atoms with Gasteiger partial charge in [0.25, 0.3) is 0 Å². The number of aromatic nitrogens is 1. The Hall–Kier alpha value is -1.72. The molecule has 29 heavy (non-hydrogen) atoms. The Bertz CT molecular complexity index is 703. The van der Waals surface area contributed by atoms with E-state index in [0.29, 0.717) is 0 Å². The van der Waals surface area contributed by atoms with Gasteiger partial charge in [0.05, 0.1) is 5.41 Å². The van der Waals surface area contributed by atoms with Crippen LogP contribution in [-0.2, 0) is 11.2 Å². The van der Waals surface area contributed by atoms with Crippen LogP contribution in [0.4, 0.5) is 0 Å². The fourth-order valence-electron chi connectivity index (χ4n) is 4.87. The average molecular weight is 396 g/mol. The Morgan fingerprint density at radius 3 is 2.72 bits per heavy atom. The number of allylic oxidation sites excluding steroid dienone is 1. The molecule has 157 valence electrons. The third kappa shape index (κ3) is 5.67. The number of piperidine rings is 2. The van der Waals surface area contributed by atoms with Crippen molar-refractivity contribution in [2.75, 3.05) is 39.8 Å². The van der Waals surface area contributed by atoms with Crippen molar-refractivity contribution >= 4 is 5.90 Å². The lowest BCUT2D eigenvalue weighted by atomic mass is 9.74. The van der Waals surface area contributed by atoms with E-state index < -0.39 is 0 Å². The van der Waals surface area contributed by atoms with E-state index in [9.17, 15) is 0 Å². The zero-order valence-corrected chi connectivity index (χ0v) is 17.8. The van der Waals surface area contributed by atoms with Gasteiger partial charge in [0.1, 0.15) is 6.10 Å². The SMILES string of the molecule is CN=C(OC(CC1=C[CH]1)CN1CCCCC1)C1(Cc2cccnc2)CCNCC1. The van der Waals surface area contributed by atoms with Crippen LogP contribution in [0.2, 0.25) is 0 Å². The van der Waals surface area contributed by atoms with Gasteiger partial charge in [-0.25, -0.2) is 0 Å². The van der Waals surface area contributed by atoms with Crippen molar-refractivity contribution in [1.82, 2.24) is 15.2 Å².